The molecule has 0 aromatic rings. The standard InChI is InChI=1S/C18H34O4/c1-6-21-16(19)13-11-9-7-8-10-12-14-17(20)22-15(2)18(3,4)5/h15H,6-14H2,1-5H3. The van der Waals surface area contributed by atoms with E-state index in [1.807, 2.05) is 13.8 Å². The summed E-state index contributed by atoms with van der Waals surface area (Å²) in [4.78, 5) is 22.8. The largest absolute Gasteiger partial charge is 0.466 e. The zero-order chi connectivity index (χ0) is 17.0. The van der Waals surface area contributed by atoms with Crippen LogP contribution in [-0.4, -0.2) is 24.6 Å². The summed E-state index contributed by atoms with van der Waals surface area (Å²) < 4.78 is 10.3. The predicted molar refractivity (Wildman–Crippen MR) is 88.6 cm³/mol. The fourth-order valence-corrected chi connectivity index (χ4v) is 1.91. The molecule has 4 heteroatoms. The summed E-state index contributed by atoms with van der Waals surface area (Å²) in [6.45, 7) is 10.4. The van der Waals surface area contributed by atoms with E-state index in [4.69, 9.17) is 9.47 Å². The van der Waals surface area contributed by atoms with Gasteiger partial charge in [-0.1, -0.05) is 46.5 Å². The molecule has 1 atom stereocenters. The molecule has 0 heterocycles. The van der Waals surface area contributed by atoms with Crippen molar-refractivity contribution in [3.8, 4) is 0 Å². The Bertz CT molecular complexity index is 318. The second kappa shape index (κ2) is 11.5. The van der Waals surface area contributed by atoms with Crippen LogP contribution in [0.2, 0.25) is 0 Å². The molecule has 4 nitrogen and oxygen atoms in total. The van der Waals surface area contributed by atoms with Gasteiger partial charge in [-0.15, -0.1) is 0 Å². The van der Waals surface area contributed by atoms with E-state index in [9.17, 15) is 9.59 Å². The number of rotatable bonds is 11. The third-order valence-corrected chi connectivity index (χ3v) is 3.84. The first kappa shape index (κ1) is 20.9. The van der Waals surface area contributed by atoms with Crippen LogP contribution in [0.4, 0.5) is 0 Å². The van der Waals surface area contributed by atoms with Gasteiger partial charge in [-0.3, -0.25) is 9.59 Å². The average molecular weight is 314 g/mol. The van der Waals surface area contributed by atoms with Crippen LogP contribution in [0.15, 0.2) is 0 Å². The Morgan fingerprint density at radius 2 is 1.32 bits per heavy atom. The fourth-order valence-electron chi connectivity index (χ4n) is 1.91. The molecule has 0 bridgehead atoms. The van der Waals surface area contributed by atoms with Gasteiger partial charge >= 0.3 is 11.9 Å². The van der Waals surface area contributed by atoms with E-state index in [1.165, 1.54) is 0 Å². The van der Waals surface area contributed by atoms with E-state index in [0.29, 0.717) is 19.4 Å². The third kappa shape index (κ3) is 11.6. The fraction of sp³-hybridized carbons (Fsp3) is 0.889. The van der Waals surface area contributed by atoms with Crippen molar-refractivity contribution in [2.45, 2.75) is 92.1 Å². The van der Waals surface area contributed by atoms with Gasteiger partial charge in [-0.2, -0.15) is 0 Å². The Balaban J connectivity index is 3.46. The molecule has 0 saturated carbocycles. The first-order valence-corrected chi connectivity index (χ1v) is 8.62. The summed E-state index contributed by atoms with van der Waals surface area (Å²) in [7, 11) is 0. The molecular weight excluding hydrogens is 280 g/mol. The molecule has 0 fully saturated rings. The maximum absolute atomic E-state index is 11.7. The van der Waals surface area contributed by atoms with Crippen molar-refractivity contribution >= 4 is 11.9 Å². The summed E-state index contributed by atoms with van der Waals surface area (Å²) >= 11 is 0. The summed E-state index contributed by atoms with van der Waals surface area (Å²) in [6, 6.07) is 0. The highest BCUT2D eigenvalue weighted by Gasteiger charge is 2.23. The molecule has 0 aromatic carbocycles. The molecule has 0 amide bonds. The quantitative estimate of drug-likeness (QED) is 0.411. The van der Waals surface area contributed by atoms with Gasteiger partial charge in [-0.05, 0) is 32.1 Å². The van der Waals surface area contributed by atoms with Crippen molar-refractivity contribution in [2.75, 3.05) is 6.61 Å². The Kier molecular flexibility index (Phi) is 10.9. The first-order chi connectivity index (χ1) is 10.3. The molecule has 0 rings (SSSR count). The van der Waals surface area contributed by atoms with Crippen LogP contribution < -0.4 is 0 Å². The number of hydrogen-bond acceptors (Lipinski definition) is 4. The lowest BCUT2D eigenvalue weighted by atomic mass is 9.90. The number of unbranched alkanes of at least 4 members (excludes halogenated alkanes) is 5. The molecule has 0 spiro atoms. The minimum Gasteiger partial charge on any atom is -0.466 e. The zero-order valence-electron chi connectivity index (χ0n) is 15.1. The van der Waals surface area contributed by atoms with Crippen LogP contribution in [-0.2, 0) is 19.1 Å². The molecule has 1 unspecified atom stereocenters. The van der Waals surface area contributed by atoms with Crippen molar-refractivity contribution in [2.24, 2.45) is 5.41 Å². The van der Waals surface area contributed by atoms with Crippen LogP contribution in [0, 0.1) is 5.41 Å². The third-order valence-electron chi connectivity index (χ3n) is 3.84. The highest BCUT2D eigenvalue weighted by Crippen LogP contribution is 2.22. The summed E-state index contributed by atoms with van der Waals surface area (Å²) in [6.07, 6.45) is 7.04. The van der Waals surface area contributed by atoms with Crippen LogP contribution >= 0.6 is 0 Å². The maximum atomic E-state index is 11.7. The van der Waals surface area contributed by atoms with Crippen molar-refractivity contribution in [1.29, 1.82) is 0 Å². The number of hydrogen-bond donors (Lipinski definition) is 0. The lowest BCUT2D eigenvalue weighted by Crippen LogP contribution is -2.28. The predicted octanol–water partition coefficient (Wildman–Crippen LogP) is 4.65. The van der Waals surface area contributed by atoms with Crippen LogP contribution in [0.3, 0.4) is 0 Å². The highest BCUT2D eigenvalue weighted by molar-refractivity contribution is 5.69. The average Bonchev–Trinajstić information content (AvgIpc) is 2.40. The summed E-state index contributed by atoms with van der Waals surface area (Å²) in [5, 5.41) is 0. The highest BCUT2D eigenvalue weighted by atomic mass is 16.5. The molecule has 0 saturated heterocycles. The topological polar surface area (TPSA) is 52.6 Å². The Hall–Kier alpha value is -1.06. The van der Waals surface area contributed by atoms with E-state index in [-0.39, 0.29) is 23.5 Å². The Morgan fingerprint density at radius 3 is 1.77 bits per heavy atom. The maximum Gasteiger partial charge on any atom is 0.306 e. The van der Waals surface area contributed by atoms with Gasteiger partial charge in [0, 0.05) is 12.8 Å². The minimum atomic E-state index is -0.0989. The van der Waals surface area contributed by atoms with E-state index in [2.05, 4.69) is 20.8 Å². The van der Waals surface area contributed by atoms with Gasteiger partial charge in [0.25, 0.3) is 0 Å². The lowest BCUT2D eigenvalue weighted by molar-refractivity contribution is -0.153. The number of ether oxygens (including phenoxy) is 2. The second-order valence-electron chi connectivity index (χ2n) is 6.92. The minimum absolute atomic E-state index is 0.00537. The van der Waals surface area contributed by atoms with Gasteiger partial charge in [0.05, 0.1) is 6.61 Å². The monoisotopic (exact) mass is 314 g/mol. The van der Waals surface area contributed by atoms with Gasteiger partial charge in [-0.25, -0.2) is 0 Å². The Morgan fingerprint density at radius 1 is 0.864 bits per heavy atom. The van der Waals surface area contributed by atoms with Crippen LogP contribution in [0.25, 0.3) is 0 Å². The van der Waals surface area contributed by atoms with Gasteiger partial charge in [0.2, 0.25) is 0 Å². The SMILES string of the molecule is CCOC(=O)CCCCCCCCC(=O)OC(C)C(C)(C)C. The van der Waals surface area contributed by atoms with E-state index in [1.54, 1.807) is 0 Å². The molecule has 0 aliphatic heterocycles. The molecule has 0 radical (unpaired) electrons. The molecule has 22 heavy (non-hydrogen) atoms. The van der Waals surface area contributed by atoms with Gasteiger partial charge in [0.15, 0.2) is 0 Å². The zero-order valence-corrected chi connectivity index (χ0v) is 15.1. The molecule has 0 aromatic heterocycles. The number of carbonyl (C=O) groups excluding carboxylic acids is 2. The number of esters is 2. The van der Waals surface area contributed by atoms with Crippen LogP contribution in [0.5, 0.6) is 0 Å². The molecule has 0 aliphatic carbocycles. The summed E-state index contributed by atoms with van der Waals surface area (Å²) in [5.41, 5.74) is -0.00537. The van der Waals surface area contributed by atoms with Crippen LogP contribution in [0.1, 0.15) is 86.0 Å². The smallest absolute Gasteiger partial charge is 0.306 e. The van der Waals surface area contributed by atoms with Gasteiger partial charge < -0.3 is 9.47 Å². The van der Waals surface area contributed by atoms with Crippen molar-refractivity contribution in [3.05, 3.63) is 0 Å². The van der Waals surface area contributed by atoms with Crippen molar-refractivity contribution < 1.29 is 19.1 Å². The molecule has 0 aliphatic rings. The molecular formula is C18H34O4. The lowest BCUT2D eigenvalue weighted by Gasteiger charge is -2.26. The molecule has 130 valence electrons. The van der Waals surface area contributed by atoms with E-state index >= 15 is 0 Å². The van der Waals surface area contributed by atoms with E-state index < -0.39 is 0 Å². The first-order valence-electron chi connectivity index (χ1n) is 8.62. The molecule has 0 N–H and O–H groups in total. The normalized spacial score (nSPS) is 12.8. The summed E-state index contributed by atoms with van der Waals surface area (Å²) in [5.74, 6) is -0.192. The van der Waals surface area contributed by atoms with E-state index in [0.717, 1.165) is 38.5 Å². The second-order valence-corrected chi connectivity index (χ2v) is 6.92. The van der Waals surface area contributed by atoms with Crippen molar-refractivity contribution in [1.82, 2.24) is 0 Å². The number of carbonyl (C=O) groups is 2. The van der Waals surface area contributed by atoms with Gasteiger partial charge in [0.1, 0.15) is 6.10 Å². The Labute approximate surface area is 135 Å². The van der Waals surface area contributed by atoms with Crippen molar-refractivity contribution in [3.63, 3.8) is 0 Å².